The molecule has 2 rings (SSSR count). The molecule has 0 bridgehead atoms. The normalized spacial score (nSPS) is 10.5. The van der Waals surface area contributed by atoms with Gasteiger partial charge in [-0.05, 0) is 31.0 Å². The molecule has 0 atom stereocenters. The fraction of sp³-hybridized carbons (Fsp3) is 0.235. The van der Waals surface area contributed by atoms with Gasteiger partial charge in [0.05, 0.1) is 0 Å². The number of rotatable bonds is 5. The highest BCUT2D eigenvalue weighted by Crippen LogP contribution is 2.20. The Labute approximate surface area is 124 Å². The van der Waals surface area contributed by atoms with E-state index in [0.29, 0.717) is 0 Å². The molecular formula is C17H20N2S. The quantitative estimate of drug-likeness (QED) is 0.643. The van der Waals surface area contributed by atoms with Crippen LogP contribution in [0.4, 0.5) is 0 Å². The molecule has 0 unspecified atom stereocenters. The molecular weight excluding hydrogens is 264 g/mol. The molecule has 0 radical (unpaired) electrons. The summed E-state index contributed by atoms with van der Waals surface area (Å²) in [6.45, 7) is 4.27. The second-order valence-electron chi connectivity index (χ2n) is 5.10. The van der Waals surface area contributed by atoms with Crippen LogP contribution in [0.25, 0.3) is 0 Å². The summed E-state index contributed by atoms with van der Waals surface area (Å²) >= 11 is 1.89. The lowest BCUT2D eigenvalue weighted by atomic mass is 10.1. The minimum atomic E-state index is 0.131. The third-order valence-corrected chi connectivity index (χ3v) is 4.13. The Balaban J connectivity index is 1.95. The predicted molar refractivity (Wildman–Crippen MR) is 88.4 cm³/mol. The van der Waals surface area contributed by atoms with Crippen LogP contribution in [-0.2, 0) is 11.5 Å². The molecule has 0 heterocycles. The van der Waals surface area contributed by atoms with Crippen molar-refractivity contribution >= 4 is 17.6 Å². The van der Waals surface area contributed by atoms with Gasteiger partial charge in [-0.1, -0.05) is 47.5 Å². The topological polar surface area (TPSA) is 49.9 Å². The van der Waals surface area contributed by atoms with Crippen LogP contribution < -0.4 is 5.73 Å². The summed E-state index contributed by atoms with van der Waals surface area (Å²) in [5.41, 5.74) is 11.5. The first-order valence-electron chi connectivity index (χ1n) is 6.63. The minimum Gasteiger partial charge on any atom is -0.384 e. The van der Waals surface area contributed by atoms with Gasteiger partial charge in [0.2, 0.25) is 0 Å². The summed E-state index contributed by atoms with van der Waals surface area (Å²) in [5, 5.41) is 7.46. The summed E-state index contributed by atoms with van der Waals surface area (Å²) in [6.07, 6.45) is 0. The molecule has 0 aliphatic carbocycles. The first-order valence-corrected chi connectivity index (χ1v) is 7.78. The van der Waals surface area contributed by atoms with Crippen molar-refractivity contribution in [3.8, 4) is 0 Å². The highest BCUT2D eigenvalue weighted by Gasteiger charge is 2.01. The molecule has 0 aliphatic heterocycles. The number of aryl methyl sites for hydroxylation is 2. The van der Waals surface area contributed by atoms with E-state index in [9.17, 15) is 0 Å². The number of nitrogens with two attached hydrogens (primary N) is 1. The Morgan fingerprint density at radius 2 is 1.65 bits per heavy atom. The van der Waals surface area contributed by atoms with Crippen LogP contribution in [0.2, 0.25) is 0 Å². The molecule has 0 aliphatic rings. The molecule has 0 aromatic heterocycles. The van der Waals surface area contributed by atoms with Crippen molar-refractivity contribution in [1.82, 2.24) is 0 Å². The van der Waals surface area contributed by atoms with Gasteiger partial charge < -0.3 is 5.73 Å². The maximum absolute atomic E-state index is 7.46. The van der Waals surface area contributed by atoms with Gasteiger partial charge >= 0.3 is 0 Å². The van der Waals surface area contributed by atoms with E-state index in [1.807, 2.05) is 30.0 Å². The number of thioether (sulfide) groups is 1. The Kier molecular flexibility index (Phi) is 4.85. The molecule has 0 amide bonds. The SMILES string of the molecule is Cc1cc(C)cc(CSCc2cccc(C(=N)N)c2)c1. The molecule has 20 heavy (non-hydrogen) atoms. The third kappa shape index (κ3) is 4.14. The molecule has 2 nitrogen and oxygen atoms in total. The molecule has 0 fully saturated rings. The van der Waals surface area contributed by atoms with E-state index in [1.54, 1.807) is 0 Å². The Hall–Kier alpha value is -1.74. The van der Waals surface area contributed by atoms with Gasteiger partial charge in [0, 0.05) is 17.1 Å². The Morgan fingerprint density at radius 1 is 1.00 bits per heavy atom. The number of benzene rings is 2. The van der Waals surface area contributed by atoms with Crippen LogP contribution in [0.3, 0.4) is 0 Å². The molecule has 0 spiro atoms. The van der Waals surface area contributed by atoms with Gasteiger partial charge in [-0.15, -0.1) is 0 Å². The summed E-state index contributed by atoms with van der Waals surface area (Å²) in [7, 11) is 0. The zero-order valence-corrected chi connectivity index (χ0v) is 12.8. The van der Waals surface area contributed by atoms with Gasteiger partial charge in [-0.3, -0.25) is 5.41 Å². The van der Waals surface area contributed by atoms with Crippen molar-refractivity contribution in [3.05, 3.63) is 70.3 Å². The molecule has 104 valence electrons. The van der Waals surface area contributed by atoms with Crippen LogP contribution in [0, 0.1) is 19.3 Å². The monoisotopic (exact) mass is 284 g/mol. The summed E-state index contributed by atoms with van der Waals surface area (Å²) in [6, 6.07) is 14.6. The lowest BCUT2D eigenvalue weighted by Crippen LogP contribution is -2.10. The van der Waals surface area contributed by atoms with Crippen LogP contribution in [0.5, 0.6) is 0 Å². The summed E-state index contributed by atoms with van der Waals surface area (Å²) < 4.78 is 0. The van der Waals surface area contributed by atoms with Gasteiger partial charge in [-0.2, -0.15) is 11.8 Å². The van der Waals surface area contributed by atoms with Crippen LogP contribution in [0.15, 0.2) is 42.5 Å². The molecule has 2 aromatic carbocycles. The summed E-state index contributed by atoms with van der Waals surface area (Å²) in [4.78, 5) is 0. The summed E-state index contributed by atoms with van der Waals surface area (Å²) in [5.74, 6) is 2.08. The van der Waals surface area contributed by atoms with Crippen molar-refractivity contribution < 1.29 is 0 Å². The zero-order valence-electron chi connectivity index (χ0n) is 11.9. The first kappa shape index (κ1) is 14.7. The van der Waals surface area contributed by atoms with Crippen molar-refractivity contribution in [1.29, 1.82) is 5.41 Å². The van der Waals surface area contributed by atoms with Crippen molar-refractivity contribution in [2.75, 3.05) is 0 Å². The highest BCUT2D eigenvalue weighted by molar-refractivity contribution is 7.97. The maximum atomic E-state index is 7.46. The van der Waals surface area contributed by atoms with Gasteiger partial charge in [0.1, 0.15) is 5.84 Å². The zero-order chi connectivity index (χ0) is 14.5. The van der Waals surface area contributed by atoms with Crippen LogP contribution in [-0.4, -0.2) is 5.84 Å². The second-order valence-corrected chi connectivity index (χ2v) is 6.09. The van der Waals surface area contributed by atoms with E-state index in [1.165, 1.54) is 22.3 Å². The first-order chi connectivity index (χ1) is 9.54. The van der Waals surface area contributed by atoms with Crippen molar-refractivity contribution in [2.24, 2.45) is 5.73 Å². The van der Waals surface area contributed by atoms with Crippen LogP contribution in [0.1, 0.15) is 27.8 Å². The van der Waals surface area contributed by atoms with E-state index in [4.69, 9.17) is 11.1 Å². The van der Waals surface area contributed by atoms with E-state index in [2.05, 4.69) is 38.1 Å². The number of nitrogen functional groups attached to an aromatic ring is 1. The fourth-order valence-electron chi connectivity index (χ4n) is 2.27. The lowest BCUT2D eigenvalue weighted by Gasteiger charge is -2.06. The molecule has 0 saturated heterocycles. The Bertz CT molecular complexity index is 600. The average Bonchev–Trinajstić information content (AvgIpc) is 2.38. The second kappa shape index (κ2) is 6.62. The molecule has 3 N–H and O–H groups in total. The van der Waals surface area contributed by atoms with E-state index in [-0.39, 0.29) is 5.84 Å². The molecule has 3 heteroatoms. The smallest absolute Gasteiger partial charge is 0.122 e. The van der Waals surface area contributed by atoms with Crippen molar-refractivity contribution in [2.45, 2.75) is 25.4 Å². The highest BCUT2D eigenvalue weighted by atomic mass is 32.2. The minimum absolute atomic E-state index is 0.131. The third-order valence-electron chi connectivity index (χ3n) is 3.06. The predicted octanol–water partition coefficient (Wildman–Crippen LogP) is 4.02. The average molecular weight is 284 g/mol. The molecule has 0 saturated carbocycles. The number of hydrogen-bond donors (Lipinski definition) is 2. The Morgan fingerprint density at radius 3 is 2.30 bits per heavy atom. The standard InChI is InChI=1S/C17H20N2S/c1-12-6-13(2)8-15(7-12)11-20-10-14-4-3-5-16(9-14)17(18)19/h3-9H,10-11H2,1-2H3,(H3,18,19). The number of hydrogen-bond acceptors (Lipinski definition) is 2. The van der Waals surface area contributed by atoms with Crippen LogP contribution >= 0.6 is 11.8 Å². The van der Waals surface area contributed by atoms with Gasteiger partial charge in [0.15, 0.2) is 0 Å². The fourth-order valence-corrected chi connectivity index (χ4v) is 3.19. The van der Waals surface area contributed by atoms with Gasteiger partial charge in [0.25, 0.3) is 0 Å². The van der Waals surface area contributed by atoms with E-state index in [0.717, 1.165) is 17.1 Å². The van der Waals surface area contributed by atoms with Crippen molar-refractivity contribution in [3.63, 3.8) is 0 Å². The van der Waals surface area contributed by atoms with E-state index >= 15 is 0 Å². The number of nitrogens with one attached hydrogen (secondary N) is 1. The lowest BCUT2D eigenvalue weighted by molar-refractivity contribution is 1.29. The van der Waals surface area contributed by atoms with Gasteiger partial charge in [-0.25, -0.2) is 0 Å². The largest absolute Gasteiger partial charge is 0.384 e. The number of amidine groups is 1. The maximum Gasteiger partial charge on any atom is 0.122 e. The van der Waals surface area contributed by atoms with E-state index < -0.39 is 0 Å². The molecule has 2 aromatic rings.